The van der Waals surface area contributed by atoms with Crippen LogP contribution in [-0.4, -0.2) is 46.6 Å². The van der Waals surface area contributed by atoms with E-state index in [1.54, 1.807) is 6.08 Å². The number of nitrogens with two attached hydrogens (primary N) is 1. The summed E-state index contributed by atoms with van der Waals surface area (Å²) < 4.78 is 0. The van der Waals surface area contributed by atoms with E-state index in [9.17, 15) is 4.79 Å². The van der Waals surface area contributed by atoms with Crippen molar-refractivity contribution >= 4 is 16.8 Å². The van der Waals surface area contributed by atoms with Crippen molar-refractivity contribution in [1.29, 1.82) is 0 Å². The Bertz CT molecular complexity index is 621. The van der Waals surface area contributed by atoms with Gasteiger partial charge < -0.3 is 20.7 Å². The van der Waals surface area contributed by atoms with E-state index in [0.29, 0.717) is 13.0 Å². The fourth-order valence-electron chi connectivity index (χ4n) is 2.43. The second-order valence-electron chi connectivity index (χ2n) is 4.97. The van der Waals surface area contributed by atoms with Crippen LogP contribution in [0.25, 0.3) is 10.9 Å². The first-order chi connectivity index (χ1) is 10.2. The Morgan fingerprint density at radius 2 is 2.24 bits per heavy atom. The summed E-state index contributed by atoms with van der Waals surface area (Å²) in [5, 5.41) is 10.1. The molecule has 4 N–H and O–H groups in total. The van der Waals surface area contributed by atoms with Crippen molar-refractivity contribution in [3.63, 3.8) is 0 Å². The monoisotopic (exact) mass is 287 g/mol. The van der Waals surface area contributed by atoms with Gasteiger partial charge in [0.2, 0.25) is 5.91 Å². The Morgan fingerprint density at radius 3 is 2.95 bits per heavy atom. The van der Waals surface area contributed by atoms with E-state index in [2.05, 4.69) is 11.6 Å². The lowest BCUT2D eigenvalue weighted by Gasteiger charge is -2.23. The summed E-state index contributed by atoms with van der Waals surface area (Å²) in [6, 6.07) is 7.29. The molecular weight excluding hydrogens is 266 g/mol. The number of aromatic nitrogens is 1. The molecule has 0 saturated heterocycles. The molecule has 1 aromatic carbocycles. The highest BCUT2D eigenvalue weighted by Crippen LogP contribution is 2.19. The SMILES string of the molecule is C=CCN(CCO)C(=O)[C@@H](N)Cc1c[nH]c2ccccc12. The quantitative estimate of drug-likeness (QED) is 0.666. The molecule has 1 amide bonds. The van der Waals surface area contributed by atoms with Gasteiger partial charge in [-0.3, -0.25) is 4.79 Å². The van der Waals surface area contributed by atoms with Crippen LogP contribution in [-0.2, 0) is 11.2 Å². The van der Waals surface area contributed by atoms with Crippen molar-refractivity contribution in [1.82, 2.24) is 9.88 Å². The van der Waals surface area contributed by atoms with Crippen LogP contribution in [0.3, 0.4) is 0 Å². The minimum atomic E-state index is -0.629. The zero-order valence-electron chi connectivity index (χ0n) is 12.0. The maximum atomic E-state index is 12.3. The van der Waals surface area contributed by atoms with Crippen LogP contribution >= 0.6 is 0 Å². The van der Waals surface area contributed by atoms with Crippen LogP contribution in [0, 0.1) is 0 Å². The summed E-state index contributed by atoms with van der Waals surface area (Å²) in [6.45, 7) is 4.20. The highest BCUT2D eigenvalue weighted by Gasteiger charge is 2.21. The largest absolute Gasteiger partial charge is 0.395 e. The fourth-order valence-corrected chi connectivity index (χ4v) is 2.43. The predicted octanol–water partition coefficient (Wildman–Crippen LogP) is 1.04. The Labute approximate surface area is 124 Å². The Hall–Kier alpha value is -2.11. The van der Waals surface area contributed by atoms with Crippen molar-refractivity contribution in [3.05, 3.63) is 48.7 Å². The number of rotatable bonds is 7. The van der Waals surface area contributed by atoms with Gasteiger partial charge in [0.05, 0.1) is 12.6 Å². The van der Waals surface area contributed by atoms with Gasteiger partial charge in [-0.05, 0) is 18.1 Å². The number of aliphatic hydroxyl groups is 1. The highest BCUT2D eigenvalue weighted by atomic mass is 16.3. The molecule has 1 aromatic heterocycles. The normalized spacial score (nSPS) is 12.3. The van der Waals surface area contributed by atoms with Crippen molar-refractivity contribution in [2.24, 2.45) is 5.73 Å². The maximum absolute atomic E-state index is 12.3. The molecule has 0 aliphatic carbocycles. The molecule has 0 aliphatic rings. The van der Waals surface area contributed by atoms with Crippen LogP contribution in [0.15, 0.2) is 43.1 Å². The summed E-state index contributed by atoms with van der Waals surface area (Å²) in [5.74, 6) is -0.172. The number of benzene rings is 1. The Balaban J connectivity index is 2.11. The van der Waals surface area contributed by atoms with Crippen molar-refractivity contribution in [2.45, 2.75) is 12.5 Å². The van der Waals surface area contributed by atoms with Crippen LogP contribution in [0.5, 0.6) is 0 Å². The third-order valence-corrected chi connectivity index (χ3v) is 3.46. The molecule has 112 valence electrons. The third kappa shape index (κ3) is 3.51. The molecule has 0 unspecified atom stereocenters. The highest BCUT2D eigenvalue weighted by molar-refractivity contribution is 5.86. The molecule has 5 heteroatoms. The molecule has 1 heterocycles. The van der Waals surface area contributed by atoms with Gasteiger partial charge in [-0.25, -0.2) is 0 Å². The second kappa shape index (κ2) is 7.06. The molecule has 21 heavy (non-hydrogen) atoms. The molecular formula is C16H21N3O2. The molecule has 0 radical (unpaired) electrons. The Morgan fingerprint density at radius 1 is 1.48 bits per heavy atom. The minimum absolute atomic E-state index is 0.0839. The summed E-state index contributed by atoms with van der Waals surface area (Å²) in [4.78, 5) is 17.0. The minimum Gasteiger partial charge on any atom is -0.395 e. The Kier molecular flexibility index (Phi) is 5.14. The summed E-state index contributed by atoms with van der Waals surface area (Å²) in [5.41, 5.74) is 8.09. The van der Waals surface area contributed by atoms with E-state index in [0.717, 1.165) is 16.5 Å². The lowest BCUT2D eigenvalue weighted by molar-refractivity contribution is -0.132. The van der Waals surface area contributed by atoms with E-state index in [-0.39, 0.29) is 19.1 Å². The van der Waals surface area contributed by atoms with Gasteiger partial charge in [-0.2, -0.15) is 0 Å². The van der Waals surface area contributed by atoms with Crippen LogP contribution in [0.2, 0.25) is 0 Å². The number of amides is 1. The average molecular weight is 287 g/mol. The van der Waals surface area contributed by atoms with Crippen LogP contribution in [0.1, 0.15) is 5.56 Å². The molecule has 2 rings (SSSR count). The number of para-hydroxylation sites is 1. The molecule has 5 nitrogen and oxygen atoms in total. The zero-order chi connectivity index (χ0) is 15.2. The number of hydrogen-bond acceptors (Lipinski definition) is 3. The van der Waals surface area contributed by atoms with Crippen molar-refractivity contribution < 1.29 is 9.90 Å². The van der Waals surface area contributed by atoms with Gasteiger partial charge in [0.25, 0.3) is 0 Å². The number of H-pyrrole nitrogens is 1. The molecule has 0 aliphatic heterocycles. The maximum Gasteiger partial charge on any atom is 0.240 e. The number of carbonyl (C=O) groups excluding carboxylic acids is 1. The standard InChI is InChI=1S/C16H21N3O2/c1-2-7-19(8-9-20)16(21)14(17)10-12-11-18-15-6-4-3-5-13(12)15/h2-6,11,14,18,20H,1,7-10,17H2/t14-/m0/s1. The summed E-state index contributed by atoms with van der Waals surface area (Å²) >= 11 is 0. The zero-order valence-corrected chi connectivity index (χ0v) is 12.0. The lowest BCUT2D eigenvalue weighted by atomic mass is 10.0. The van der Waals surface area contributed by atoms with Crippen molar-refractivity contribution in [3.8, 4) is 0 Å². The molecule has 0 spiro atoms. The number of fused-ring (bicyclic) bond motifs is 1. The third-order valence-electron chi connectivity index (χ3n) is 3.46. The first-order valence-electron chi connectivity index (χ1n) is 6.98. The van der Waals surface area contributed by atoms with E-state index in [1.807, 2.05) is 30.5 Å². The van der Waals surface area contributed by atoms with Gasteiger partial charge in [0, 0.05) is 30.2 Å². The van der Waals surface area contributed by atoms with Gasteiger partial charge in [0.15, 0.2) is 0 Å². The van der Waals surface area contributed by atoms with Gasteiger partial charge in [0.1, 0.15) is 0 Å². The van der Waals surface area contributed by atoms with Gasteiger partial charge >= 0.3 is 0 Å². The first kappa shape index (κ1) is 15.3. The molecule has 2 aromatic rings. The molecule has 0 fully saturated rings. The van der Waals surface area contributed by atoms with E-state index in [1.165, 1.54) is 4.90 Å². The summed E-state index contributed by atoms with van der Waals surface area (Å²) in [7, 11) is 0. The fraction of sp³-hybridized carbons (Fsp3) is 0.312. The smallest absolute Gasteiger partial charge is 0.240 e. The number of aromatic amines is 1. The number of aliphatic hydroxyl groups excluding tert-OH is 1. The lowest BCUT2D eigenvalue weighted by Crippen LogP contribution is -2.46. The topological polar surface area (TPSA) is 82.3 Å². The van der Waals surface area contributed by atoms with Gasteiger partial charge in [-0.1, -0.05) is 24.3 Å². The first-order valence-corrected chi connectivity index (χ1v) is 6.98. The van der Waals surface area contributed by atoms with Crippen molar-refractivity contribution in [2.75, 3.05) is 19.7 Å². The predicted molar refractivity (Wildman–Crippen MR) is 83.8 cm³/mol. The molecule has 1 atom stereocenters. The van der Waals surface area contributed by atoms with E-state index < -0.39 is 6.04 Å². The van der Waals surface area contributed by atoms with E-state index >= 15 is 0 Å². The summed E-state index contributed by atoms with van der Waals surface area (Å²) in [6.07, 6.45) is 3.98. The second-order valence-corrected chi connectivity index (χ2v) is 4.97. The number of nitrogens with zero attached hydrogens (tertiary/aromatic N) is 1. The average Bonchev–Trinajstić information content (AvgIpc) is 2.89. The number of carbonyl (C=O) groups is 1. The molecule has 0 bridgehead atoms. The molecule has 0 saturated carbocycles. The van der Waals surface area contributed by atoms with Crippen LogP contribution < -0.4 is 5.73 Å². The van der Waals surface area contributed by atoms with E-state index in [4.69, 9.17) is 10.8 Å². The van der Waals surface area contributed by atoms with Crippen LogP contribution in [0.4, 0.5) is 0 Å². The number of nitrogens with one attached hydrogen (secondary N) is 1. The van der Waals surface area contributed by atoms with Gasteiger partial charge in [-0.15, -0.1) is 6.58 Å². The number of hydrogen-bond donors (Lipinski definition) is 3.